The van der Waals surface area contributed by atoms with Crippen molar-refractivity contribution in [3.63, 3.8) is 0 Å². The molecule has 0 bridgehead atoms. The Morgan fingerprint density at radius 3 is 2.38 bits per heavy atom. The van der Waals surface area contributed by atoms with Crippen LogP contribution in [0.4, 0.5) is 8.78 Å². The van der Waals surface area contributed by atoms with E-state index >= 15 is 0 Å². The first-order valence-electron chi connectivity index (χ1n) is 6.51. The van der Waals surface area contributed by atoms with Crippen molar-refractivity contribution >= 4 is 15.9 Å². The van der Waals surface area contributed by atoms with Crippen molar-refractivity contribution in [2.45, 2.75) is 24.7 Å². The lowest BCUT2D eigenvalue weighted by Gasteiger charge is -2.30. The van der Waals surface area contributed by atoms with E-state index in [2.05, 4.69) is 0 Å². The molecule has 0 spiro atoms. The number of benzene rings is 1. The highest BCUT2D eigenvalue weighted by molar-refractivity contribution is 7.89. The van der Waals surface area contributed by atoms with Crippen LogP contribution in [0.2, 0.25) is 0 Å². The molecule has 1 aliphatic heterocycles. The van der Waals surface area contributed by atoms with E-state index in [0.29, 0.717) is 31.1 Å². The molecule has 2 N–H and O–H groups in total. The number of primary sulfonamides is 1. The van der Waals surface area contributed by atoms with E-state index in [1.165, 1.54) is 4.90 Å². The maximum Gasteiger partial charge on any atom is 0.256 e. The molecule has 0 aliphatic carbocycles. The van der Waals surface area contributed by atoms with Crippen LogP contribution in [0.5, 0.6) is 0 Å². The van der Waals surface area contributed by atoms with Crippen LogP contribution in [0.25, 0.3) is 0 Å². The average Bonchev–Trinajstić information content (AvgIpc) is 2.40. The molecule has 116 valence electrons. The van der Waals surface area contributed by atoms with Crippen molar-refractivity contribution in [2.24, 2.45) is 11.1 Å². The molecule has 1 amide bonds. The summed E-state index contributed by atoms with van der Waals surface area (Å²) in [5.41, 5.74) is -0.603. The summed E-state index contributed by atoms with van der Waals surface area (Å²) in [6.07, 6.45) is 1.54. The van der Waals surface area contributed by atoms with E-state index in [1.54, 1.807) is 0 Å². The number of halogens is 2. The molecule has 0 atom stereocenters. The van der Waals surface area contributed by atoms with Crippen molar-refractivity contribution in [1.82, 2.24) is 4.90 Å². The zero-order chi connectivity index (χ0) is 15.8. The Labute approximate surface area is 121 Å². The lowest BCUT2D eigenvalue weighted by Crippen LogP contribution is -2.38. The fourth-order valence-electron chi connectivity index (χ4n) is 2.31. The third-order valence-corrected chi connectivity index (χ3v) is 4.52. The van der Waals surface area contributed by atoms with Gasteiger partial charge in [0.1, 0.15) is 10.7 Å². The van der Waals surface area contributed by atoms with Gasteiger partial charge in [-0.15, -0.1) is 0 Å². The molecule has 0 unspecified atom stereocenters. The van der Waals surface area contributed by atoms with E-state index in [4.69, 9.17) is 5.14 Å². The smallest absolute Gasteiger partial charge is 0.256 e. The minimum atomic E-state index is -4.44. The Morgan fingerprint density at radius 2 is 1.86 bits per heavy atom. The fraction of sp³-hybridized carbons (Fsp3) is 0.462. The van der Waals surface area contributed by atoms with E-state index in [1.807, 2.05) is 6.92 Å². The Balaban J connectivity index is 2.40. The van der Waals surface area contributed by atoms with Gasteiger partial charge in [-0.25, -0.2) is 22.3 Å². The van der Waals surface area contributed by atoms with Gasteiger partial charge in [-0.3, -0.25) is 4.79 Å². The Kier molecular flexibility index (Phi) is 4.29. The molecule has 1 fully saturated rings. The molecule has 21 heavy (non-hydrogen) atoms. The Hall–Kier alpha value is -1.54. The fourth-order valence-corrected chi connectivity index (χ4v) is 2.95. The third-order valence-electron chi connectivity index (χ3n) is 3.61. The van der Waals surface area contributed by atoms with Crippen molar-refractivity contribution in [3.05, 3.63) is 29.3 Å². The minimum absolute atomic E-state index is 0.431. The SMILES string of the molecule is CC1CCN(C(=O)c2cc(F)cc(S(N)(=O)=O)c2F)CC1. The molecule has 5 nitrogen and oxygen atoms in total. The van der Waals surface area contributed by atoms with Crippen molar-refractivity contribution < 1.29 is 22.0 Å². The molecular formula is C13H16F2N2O3S. The number of carbonyl (C=O) groups is 1. The summed E-state index contributed by atoms with van der Waals surface area (Å²) in [4.78, 5) is 12.6. The van der Waals surface area contributed by atoms with E-state index in [0.717, 1.165) is 12.8 Å². The van der Waals surface area contributed by atoms with Gasteiger partial charge in [0.2, 0.25) is 10.0 Å². The van der Waals surface area contributed by atoms with Gasteiger partial charge in [0.25, 0.3) is 5.91 Å². The normalized spacial score (nSPS) is 17.0. The maximum absolute atomic E-state index is 14.2. The van der Waals surface area contributed by atoms with Crippen LogP contribution in [-0.4, -0.2) is 32.3 Å². The summed E-state index contributed by atoms with van der Waals surface area (Å²) in [7, 11) is -4.44. The zero-order valence-electron chi connectivity index (χ0n) is 11.5. The second-order valence-corrected chi connectivity index (χ2v) is 6.82. The first kappa shape index (κ1) is 15.8. The third kappa shape index (κ3) is 3.38. The predicted octanol–water partition coefficient (Wildman–Crippen LogP) is 1.48. The summed E-state index contributed by atoms with van der Waals surface area (Å²) >= 11 is 0. The number of hydrogen-bond acceptors (Lipinski definition) is 3. The van der Waals surface area contributed by atoms with Crippen LogP contribution in [-0.2, 0) is 10.0 Å². The average molecular weight is 318 g/mol. The highest BCUT2D eigenvalue weighted by Crippen LogP contribution is 2.23. The summed E-state index contributed by atoms with van der Waals surface area (Å²) in [5.74, 6) is -2.58. The molecule has 8 heteroatoms. The van der Waals surface area contributed by atoms with E-state index in [9.17, 15) is 22.0 Å². The number of carbonyl (C=O) groups excluding carboxylic acids is 1. The molecule has 1 aromatic carbocycles. The van der Waals surface area contributed by atoms with Crippen molar-refractivity contribution in [1.29, 1.82) is 0 Å². The zero-order valence-corrected chi connectivity index (χ0v) is 12.3. The number of nitrogens with two attached hydrogens (primary N) is 1. The second kappa shape index (κ2) is 5.69. The summed E-state index contributed by atoms with van der Waals surface area (Å²) in [5, 5.41) is 4.83. The number of amides is 1. The lowest BCUT2D eigenvalue weighted by molar-refractivity contribution is 0.0691. The van der Waals surface area contributed by atoms with E-state index < -0.39 is 38.0 Å². The standard InChI is InChI=1S/C13H16F2N2O3S/c1-8-2-4-17(5-3-8)13(18)10-6-9(14)7-11(12(10)15)21(16,19)20/h6-8H,2-5H2,1H3,(H2,16,19,20). The first-order chi connectivity index (χ1) is 9.70. The first-order valence-corrected chi connectivity index (χ1v) is 8.06. The number of rotatable bonds is 2. The summed E-state index contributed by atoms with van der Waals surface area (Å²) < 4.78 is 50.1. The molecule has 0 aromatic heterocycles. The quantitative estimate of drug-likeness (QED) is 0.897. The predicted molar refractivity (Wildman–Crippen MR) is 72.0 cm³/mol. The lowest BCUT2D eigenvalue weighted by atomic mass is 9.98. The Bertz CT molecular complexity index is 668. The highest BCUT2D eigenvalue weighted by atomic mass is 32.2. The van der Waals surface area contributed by atoms with Gasteiger partial charge in [0.15, 0.2) is 5.82 Å². The second-order valence-electron chi connectivity index (χ2n) is 5.29. The number of hydrogen-bond donors (Lipinski definition) is 1. The van der Waals surface area contributed by atoms with Crippen molar-refractivity contribution in [2.75, 3.05) is 13.1 Å². The number of likely N-dealkylation sites (tertiary alicyclic amines) is 1. The number of piperidine rings is 1. The molecule has 1 heterocycles. The highest BCUT2D eigenvalue weighted by Gasteiger charge is 2.28. The number of sulfonamides is 1. The van der Waals surface area contributed by atoms with Gasteiger partial charge in [0.05, 0.1) is 5.56 Å². The molecule has 1 saturated heterocycles. The molecule has 1 aromatic rings. The van der Waals surface area contributed by atoms with Gasteiger partial charge in [-0.1, -0.05) is 6.92 Å². The van der Waals surface area contributed by atoms with Gasteiger partial charge < -0.3 is 4.90 Å². The van der Waals surface area contributed by atoms with Crippen molar-refractivity contribution in [3.8, 4) is 0 Å². The number of nitrogens with zero attached hydrogens (tertiary/aromatic N) is 1. The van der Waals surface area contributed by atoms with Gasteiger partial charge >= 0.3 is 0 Å². The molecule has 2 rings (SSSR count). The van der Waals surface area contributed by atoms with Gasteiger partial charge in [-0.2, -0.15) is 0 Å². The minimum Gasteiger partial charge on any atom is -0.339 e. The summed E-state index contributed by atoms with van der Waals surface area (Å²) in [6.45, 7) is 2.91. The van der Waals surface area contributed by atoms with Crippen LogP contribution >= 0.6 is 0 Å². The van der Waals surface area contributed by atoms with Crippen LogP contribution in [0, 0.1) is 17.6 Å². The monoisotopic (exact) mass is 318 g/mol. The summed E-state index contributed by atoms with van der Waals surface area (Å²) in [6, 6.07) is 1.17. The molecular weight excluding hydrogens is 302 g/mol. The molecule has 0 radical (unpaired) electrons. The topological polar surface area (TPSA) is 80.5 Å². The van der Waals surface area contributed by atoms with Crippen LogP contribution in [0.1, 0.15) is 30.1 Å². The van der Waals surface area contributed by atoms with Crippen LogP contribution in [0.15, 0.2) is 17.0 Å². The molecule has 0 saturated carbocycles. The van der Waals surface area contributed by atoms with Crippen LogP contribution in [0.3, 0.4) is 0 Å². The largest absolute Gasteiger partial charge is 0.339 e. The van der Waals surface area contributed by atoms with Gasteiger partial charge in [0, 0.05) is 13.1 Å². The van der Waals surface area contributed by atoms with Gasteiger partial charge in [-0.05, 0) is 30.9 Å². The van der Waals surface area contributed by atoms with E-state index in [-0.39, 0.29) is 0 Å². The molecule has 1 aliphatic rings. The maximum atomic E-state index is 14.2. The Morgan fingerprint density at radius 1 is 1.29 bits per heavy atom. The van der Waals surface area contributed by atoms with Crippen LogP contribution < -0.4 is 5.14 Å².